The molecule has 122 valence electrons. The van der Waals surface area contributed by atoms with Crippen LogP contribution in [0.1, 0.15) is 21.5 Å². The number of ether oxygens (including phenoxy) is 1. The molecule has 4 rings (SSSR count). The van der Waals surface area contributed by atoms with E-state index in [9.17, 15) is 4.79 Å². The molecule has 0 saturated heterocycles. The van der Waals surface area contributed by atoms with Crippen molar-refractivity contribution in [3.05, 3.63) is 89.5 Å². The lowest BCUT2D eigenvalue weighted by molar-refractivity contribution is 0.0736. The van der Waals surface area contributed by atoms with Gasteiger partial charge in [-0.05, 0) is 65.4 Å². The molecule has 0 atom stereocenters. The van der Waals surface area contributed by atoms with E-state index in [4.69, 9.17) is 4.74 Å². The van der Waals surface area contributed by atoms with E-state index in [2.05, 4.69) is 24.3 Å². The first-order chi connectivity index (χ1) is 12.1. The highest BCUT2D eigenvalue weighted by atomic mass is 16.5. The number of hydrogen-bond donors (Lipinski definition) is 0. The largest absolute Gasteiger partial charge is 0.422 e. The second-order valence-corrected chi connectivity index (χ2v) is 6.31. The Hall–Kier alpha value is -3.13. The third-order valence-corrected chi connectivity index (χ3v) is 4.73. The summed E-state index contributed by atoms with van der Waals surface area (Å²) in [5.74, 6) is 0.274. The van der Waals surface area contributed by atoms with Gasteiger partial charge in [-0.2, -0.15) is 0 Å². The molecular weight excluding hydrogens is 308 g/mol. The number of esters is 1. The maximum Gasteiger partial charge on any atom is 0.343 e. The van der Waals surface area contributed by atoms with Crippen molar-refractivity contribution in [3.8, 4) is 5.75 Å². The van der Waals surface area contributed by atoms with Crippen LogP contribution in [0.25, 0.3) is 21.5 Å². The first kappa shape index (κ1) is 15.4. The molecule has 2 heteroatoms. The van der Waals surface area contributed by atoms with E-state index in [0.29, 0.717) is 11.3 Å². The molecule has 0 aliphatic carbocycles. The van der Waals surface area contributed by atoms with E-state index in [1.807, 2.05) is 62.4 Å². The van der Waals surface area contributed by atoms with Gasteiger partial charge in [0.05, 0.1) is 5.56 Å². The van der Waals surface area contributed by atoms with Crippen LogP contribution in [-0.4, -0.2) is 5.97 Å². The molecule has 0 bridgehead atoms. The number of rotatable bonds is 2. The van der Waals surface area contributed by atoms with Gasteiger partial charge in [0.25, 0.3) is 0 Å². The summed E-state index contributed by atoms with van der Waals surface area (Å²) in [6, 6.07) is 23.9. The zero-order valence-electron chi connectivity index (χ0n) is 14.2. The normalized spacial score (nSPS) is 11.0. The Bertz CT molecular complexity index is 1110. The lowest BCUT2D eigenvalue weighted by Gasteiger charge is -2.11. The van der Waals surface area contributed by atoms with Gasteiger partial charge in [0, 0.05) is 5.39 Å². The summed E-state index contributed by atoms with van der Waals surface area (Å²) in [5.41, 5.74) is 2.65. The third kappa shape index (κ3) is 2.76. The molecule has 0 aliphatic heterocycles. The van der Waals surface area contributed by atoms with Crippen LogP contribution in [0.15, 0.2) is 72.8 Å². The fourth-order valence-electron chi connectivity index (χ4n) is 3.15. The van der Waals surface area contributed by atoms with E-state index < -0.39 is 0 Å². The highest BCUT2D eigenvalue weighted by molar-refractivity contribution is 6.02. The first-order valence-corrected chi connectivity index (χ1v) is 8.33. The summed E-state index contributed by atoms with van der Waals surface area (Å²) >= 11 is 0. The molecular formula is C23H18O2. The predicted molar refractivity (Wildman–Crippen MR) is 102 cm³/mol. The van der Waals surface area contributed by atoms with Gasteiger partial charge in [0.1, 0.15) is 5.75 Å². The van der Waals surface area contributed by atoms with Crippen LogP contribution in [0, 0.1) is 13.8 Å². The van der Waals surface area contributed by atoms with Crippen LogP contribution >= 0.6 is 0 Å². The van der Waals surface area contributed by atoms with Gasteiger partial charge in [-0.3, -0.25) is 0 Å². The summed E-state index contributed by atoms with van der Waals surface area (Å²) in [6.45, 7) is 3.94. The Morgan fingerprint density at radius 1 is 0.760 bits per heavy atom. The van der Waals surface area contributed by atoms with Crippen molar-refractivity contribution in [3.63, 3.8) is 0 Å². The molecule has 4 aromatic carbocycles. The van der Waals surface area contributed by atoms with E-state index in [-0.39, 0.29) is 5.97 Å². The van der Waals surface area contributed by atoms with Crippen molar-refractivity contribution in [2.24, 2.45) is 0 Å². The minimum Gasteiger partial charge on any atom is -0.422 e. The molecule has 4 aromatic rings. The van der Waals surface area contributed by atoms with Crippen LogP contribution in [-0.2, 0) is 0 Å². The standard InChI is InChI=1S/C23H18O2/c1-15-7-5-11-20(16(15)2)23(24)25-22-12-6-10-19-13-17-8-3-4-9-18(17)14-21(19)22/h3-14H,1-2H3. The molecule has 0 fully saturated rings. The zero-order chi connectivity index (χ0) is 17.4. The van der Waals surface area contributed by atoms with Gasteiger partial charge in [0.15, 0.2) is 0 Å². The Balaban J connectivity index is 1.80. The molecule has 0 aromatic heterocycles. The van der Waals surface area contributed by atoms with Crippen molar-refractivity contribution in [1.29, 1.82) is 0 Å². The topological polar surface area (TPSA) is 26.3 Å². The number of hydrogen-bond acceptors (Lipinski definition) is 2. The van der Waals surface area contributed by atoms with Crippen LogP contribution in [0.3, 0.4) is 0 Å². The molecule has 0 N–H and O–H groups in total. The van der Waals surface area contributed by atoms with Gasteiger partial charge in [-0.15, -0.1) is 0 Å². The summed E-state index contributed by atoms with van der Waals surface area (Å²) in [5, 5.41) is 4.31. The molecule has 0 spiro atoms. The summed E-state index contributed by atoms with van der Waals surface area (Å²) < 4.78 is 5.76. The van der Waals surface area contributed by atoms with Gasteiger partial charge >= 0.3 is 5.97 Å². The molecule has 0 radical (unpaired) electrons. The zero-order valence-corrected chi connectivity index (χ0v) is 14.2. The average Bonchev–Trinajstić information content (AvgIpc) is 2.62. The Morgan fingerprint density at radius 3 is 2.24 bits per heavy atom. The molecule has 0 amide bonds. The van der Waals surface area contributed by atoms with E-state index in [1.54, 1.807) is 0 Å². The van der Waals surface area contributed by atoms with Crippen molar-refractivity contribution < 1.29 is 9.53 Å². The second kappa shape index (κ2) is 6.06. The van der Waals surface area contributed by atoms with Crippen LogP contribution in [0.5, 0.6) is 5.75 Å². The molecule has 0 aliphatic rings. The van der Waals surface area contributed by atoms with Crippen molar-refractivity contribution >= 4 is 27.5 Å². The SMILES string of the molecule is Cc1cccc(C(=O)Oc2cccc3cc4ccccc4cc23)c1C. The fraction of sp³-hybridized carbons (Fsp3) is 0.0870. The minimum absolute atomic E-state index is 0.318. The highest BCUT2D eigenvalue weighted by Gasteiger charge is 2.14. The Kier molecular flexibility index (Phi) is 3.73. The molecule has 25 heavy (non-hydrogen) atoms. The summed E-state index contributed by atoms with van der Waals surface area (Å²) in [7, 11) is 0. The highest BCUT2D eigenvalue weighted by Crippen LogP contribution is 2.30. The Labute approximate surface area is 146 Å². The summed E-state index contributed by atoms with van der Waals surface area (Å²) in [6.07, 6.45) is 0. The number of fused-ring (bicyclic) bond motifs is 2. The van der Waals surface area contributed by atoms with Gasteiger partial charge < -0.3 is 4.74 Å². The van der Waals surface area contributed by atoms with Crippen molar-refractivity contribution in [2.45, 2.75) is 13.8 Å². The summed E-state index contributed by atoms with van der Waals surface area (Å²) in [4.78, 5) is 12.7. The van der Waals surface area contributed by atoms with Gasteiger partial charge in [-0.1, -0.05) is 48.5 Å². The average molecular weight is 326 g/mol. The van der Waals surface area contributed by atoms with Gasteiger partial charge in [-0.25, -0.2) is 4.79 Å². The van der Waals surface area contributed by atoms with E-state index in [0.717, 1.165) is 27.3 Å². The van der Waals surface area contributed by atoms with Crippen LogP contribution in [0.2, 0.25) is 0 Å². The fourth-order valence-corrected chi connectivity index (χ4v) is 3.15. The maximum atomic E-state index is 12.7. The molecule has 0 unspecified atom stereocenters. The predicted octanol–water partition coefficient (Wildman–Crippen LogP) is 5.83. The van der Waals surface area contributed by atoms with Crippen molar-refractivity contribution in [2.75, 3.05) is 0 Å². The lowest BCUT2D eigenvalue weighted by atomic mass is 10.0. The number of carbonyl (C=O) groups is 1. The molecule has 0 heterocycles. The van der Waals surface area contributed by atoms with Crippen LogP contribution < -0.4 is 4.74 Å². The lowest BCUT2D eigenvalue weighted by Crippen LogP contribution is -2.11. The molecule has 2 nitrogen and oxygen atoms in total. The first-order valence-electron chi connectivity index (χ1n) is 8.33. The monoisotopic (exact) mass is 326 g/mol. The van der Waals surface area contributed by atoms with E-state index >= 15 is 0 Å². The maximum absolute atomic E-state index is 12.7. The van der Waals surface area contributed by atoms with Crippen molar-refractivity contribution in [1.82, 2.24) is 0 Å². The van der Waals surface area contributed by atoms with Crippen LogP contribution in [0.4, 0.5) is 0 Å². The Morgan fingerprint density at radius 2 is 1.44 bits per heavy atom. The van der Waals surface area contributed by atoms with Gasteiger partial charge in [0.2, 0.25) is 0 Å². The quantitative estimate of drug-likeness (QED) is 0.263. The minimum atomic E-state index is -0.318. The number of benzene rings is 4. The number of carbonyl (C=O) groups excluding carboxylic acids is 1. The number of aryl methyl sites for hydroxylation is 1. The third-order valence-electron chi connectivity index (χ3n) is 4.73. The molecule has 0 saturated carbocycles. The second-order valence-electron chi connectivity index (χ2n) is 6.31. The smallest absolute Gasteiger partial charge is 0.343 e. The van der Waals surface area contributed by atoms with E-state index in [1.165, 1.54) is 5.39 Å².